The zero-order valence-electron chi connectivity index (χ0n) is 17.8. The molecule has 0 spiro atoms. The van der Waals surface area contributed by atoms with E-state index in [2.05, 4.69) is 20.5 Å². The van der Waals surface area contributed by atoms with E-state index in [1.165, 1.54) is 4.88 Å². The monoisotopic (exact) mass is 442 g/mol. The van der Waals surface area contributed by atoms with Gasteiger partial charge in [0.05, 0.1) is 13.2 Å². The van der Waals surface area contributed by atoms with Crippen molar-refractivity contribution in [3.8, 4) is 22.9 Å². The molecule has 2 heterocycles. The van der Waals surface area contributed by atoms with Crippen LogP contribution in [0.15, 0.2) is 40.5 Å². The standard InChI is InChI=1S/C22H26N4O4S/c1-14(2)30-18-8-6-15(13-19(18)29-3)21-24-22(28)17(25-26-21)7-9-20(27)23-11-10-16-5-4-12-31-16/h4-6,8,12-14H,7,9-11H2,1-3H3,(H,23,27)(H,24,26,28). The molecule has 1 amide bonds. The summed E-state index contributed by atoms with van der Waals surface area (Å²) < 4.78 is 11.1. The van der Waals surface area contributed by atoms with E-state index in [0.717, 1.165) is 6.42 Å². The SMILES string of the molecule is COc1cc(-c2nnc(CCC(=O)NCCc3cccs3)c(=O)[nH]2)ccc1OC(C)C. The van der Waals surface area contributed by atoms with Gasteiger partial charge in [0.1, 0.15) is 5.69 Å². The lowest BCUT2D eigenvalue weighted by Gasteiger charge is -2.14. The lowest BCUT2D eigenvalue weighted by atomic mass is 10.2. The van der Waals surface area contributed by atoms with Gasteiger partial charge in [0.2, 0.25) is 5.91 Å². The summed E-state index contributed by atoms with van der Waals surface area (Å²) in [6.07, 6.45) is 1.20. The molecule has 0 saturated carbocycles. The van der Waals surface area contributed by atoms with Gasteiger partial charge in [-0.3, -0.25) is 9.59 Å². The van der Waals surface area contributed by atoms with Gasteiger partial charge in [0, 0.05) is 29.8 Å². The van der Waals surface area contributed by atoms with Crippen LogP contribution in [0.4, 0.5) is 0 Å². The first-order valence-electron chi connectivity index (χ1n) is 10.1. The van der Waals surface area contributed by atoms with Crippen molar-refractivity contribution in [3.63, 3.8) is 0 Å². The van der Waals surface area contributed by atoms with E-state index in [-0.39, 0.29) is 36.1 Å². The number of carbonyl (C=O) groups is 1. The highest BCUT2D eigenvalue weighted by molar-refractivity contribution is 7.09. The van der Waals surface area contributed by atoms with Crippen molar-refractivity contribution in [1.82, 2.24) is 20.5 Å². The summed E-state index contributed by atoms with van der Waals surface area (Å²) >= 11 is 1.66. The number of hydrogen-bond acceptors (Lipinski definition) is 7. The number of thiophene rings is 1. The van der Waals surface area contributed by atoms with Crippen molar-refractivity contribution in [2.75, 3.05) is 13.7 Å². The molecule has 0 unspecified atom stereocenters. The highest BCUT2D eigenvalue weighted by Crippen LogP contribution is 2.31. The summed E-state index contributed by atoms with van der Waals surface area (Å²) in [6.45, 7) is 4.43. The molecule has 9 heteroatoms. The smallest absolute Gasteiger partial charge is 0.273 e. The van der Waals surface area contributed by atoms with Crippen LogP contribution < -0.4 is 20.3 Å². The molecule has 1 aromatic carbocycles. The van der Waals surface area contributed by atoms with Crippen LogP contribution >= 0.6 is 11.3 Å². The number of nitrogens with one attached hydrogen (secondary N) is 2. The minimum Gasteiger partial charge on any atom is -0.493 e. The molecule has 2 aromatic heterocycles. The minimum atomic E-state index is -0.363. The predicted octanol–water partition coefficient (Wildman–Crippen LogP) is 2.98. The zero-order valence-corrected chi connectivity index (χ0v) is 18.6. The summed E-state index contributed by atoms with van der Waals surface area (Å²) in [6, 6.07) is 9.30. The van der Waals surface area contributed by atoms with Crippen molar-refractivity contribution in [2.24, 2.45) is 0 Å². The molecular weight excluding hydrogens is 416 g/mol. The van der Waals surface area contributed by atoms with E-state index >= 15 is 0 Å². The Labute approximate surface area is 184 Å². The lowest BCUT2D eigenvalue weighted by Crippen LogP contribution is -2.27. The van der Waals surface area contributed by atoms with E-state index in [4.69, 9.17) is 9.47 Å². The molecule has 0 bridgehead atoms. The predicted molar refractivity (Wildman–Crippen MR) is 120 cm³/mol. The third-order valence-electron chi connectivity index (χ3n) is 4.43. The summed E-state index contributed by atoms with van der Waals surface area (Å²) in [5.41, 5.74) is 0.511. The first-order chi connectivity index (χ1) is 15.0. The van der Waals surface area contributed by atoms with Gasteiger partial charge in [-0.1, -0.05) is 6.07 Å². The summed E-state index contributed by atoms with van der Waals surface area (Å²) in [7, 11) is 1.55. The Morgan fingerprint density at radius 3 is 2.71 bits per heavy atom. The van der Waals surface area contributed by atoms with Gasteiger partial charge >= 0.3 is 0 Å². The van der Waals surface area contributed by atoms with Crippen LogP contribution in [-0.4, -0.2) is 40.8 Å². The zero-order chi connectivity index (χ0) is 22.2. The number of benzene rings is 1. The maximum atomic E-state index is 12.4. The number of aryl methyl sites for hydroxylation is 1. The first-order valence-corrected chi connectivity index (χ1v) is 10.9. The van der Waals surface area contributed by atoms with E-state index in [1.54, 1.807) is 36.6 Å². The maximum Gasteiger partial charge on any atom is 0.273 e. The fourth-order valence-corrected chi connectivity index (χ4v) is 3.63. The summed E-state index contributed by atoms with van der Waals surface area (Å²) in [4.78, 5) is 28.4. The average molecular weight is 443 g/mol. The van der Waals surface area contributed by atoms with Gasteiger partial charge in [-0.25, -0.2) is 0 Å². The van der Waals surface area contributed by atoms with Crippen LogP contribution in [0, 0.1) is 0 Å². The Balaban J connectivity index is 1.59. The summed E-state index contributed by atoms with van der Waals surface area (Å²) in [5, 5.41) is 13.0. The minimum absolute atomic E-state index is 0.00604. The van der Waals surface area contributed by atoms with Crippen LogP contribution in [0.1, 0.15) is 30.8 Å². The fourth-order valence-electron chi connectivity index (χ4n) is 2.92. The largest absolute Gasteiger partial charge is 0.493 e. The second kappa shape index (κ2) is 10.7. The average Bonchev–Trinajstić information content (AvgIpc) is 3.26. The van der Waals surface area contributed by atoms with Crippen molar-refractivity contribution < 1.29 is 14.3 Å². The molecule has 0 radical (unpaired) electrons. The highest BCUT2D eigenvalue weighted by Gasteiger charge is 2.13. The quantitative estimate of drug-likeness (QED) is 0.500. The van der Waals surface area contributed by atoms with Crippen molar-refractivity contribution in [3.05, 3.63) is 56.6 Å². The number of hydrogen-bond donors (Lipinski definition) is 2. The fraction of sp³-hybridized carbons (Fsp3) is 0.364. The number of carbonyl (C=O) groups excluding carboxylic acids is 1. The molecule has 0 fully saturated rings. The molecular formula is C22H26N4O4S. The van der Waals surface area contributed by atoms with Gasteiger partial charge in [0.15, 0.2) is 17.3 Å². The number of ether oxygens (including phenoxy) is 2. The van der Waals surface area contributed by atoms with Crippen molar-refractivity contribution >= 4 is 17.2 Å². The third-order valence-corrected chi connectivity index (χ3v) is 5.36. The number of aromatic nitrogens is 3. The molecule has 3 aromatic rings. The topological polar surface area (TPSA) is 106 Å². The molecule has 0 aliphatic rings. The number of aromatic amines is 1. The summed E-state index contributed by atoms with van der Waals surface area (Å²) in [5.74, 6) is 1.35. The van der Waals surface area contributed by atoms with E-state index in [1.807, 2.05) is 31.4 Å². The second-order valence-corrected chi connectivity index (χ2v) is 8.19. The lowest BCUT2D eigenvalue weighted by molar-refractivity contribution is -0.121. The molecule has 0 atom stereocenters. The molecule has 0 aliphatic carbocycles. The van der Waals surface area contributed by atoms with Gasteiger partial charge < -0.3 is 19.8 Å². The Morgan fingerprint density at radius 2 is 2.03 bits per heavy atom. The van der Waals surface area contributed by atoms with Crippen molar-refractivity contribution in [1.29, 1.82) is 0 Å². The van der Waals surface area contributed by atoms with Gasteiger partial charge in [-0.2, -0.15) is 0 Å². The van der Waals surface area contributed by atoms with E-state index in [0.29, 0.717) is 29.4 Å². The van der Waals surface area contributed by atoms with Crippen LogP contribution in [0.2, 0.25) is 0 Å². The Bertz CT molecular complexity index is 1060. The molecule has 0 aliphatic heterocycles. The molecule has 0 saturated heterocycles. The number of H-pyrrole nitrogens is 1. The number of amides is 1. The molecule has 2 N–H and O–H groups in total. The molecule has 164 valence electrons. The Morgan fingerprint density at radius 1 is 1.19 bits per heavy atom. The van der Waals surface area contributed by atoms with E-state index in [9.17, 15) is 9.59 Å². The molecule has 8 nitrogen and oxygen atoms in total. The van der Waals surface area contributed by atoms with Gasteiger partial charge in [0.25, 0.3) is 5.56 Å². The van der Waals surface area contributed by atoms with Crippen LogP contribution in [0.3, 0.4) is 0 Å². The molecule has 3 rings (SSSR count). The Hall–Kier alpha value is -3.20. The maximum absolute atomic E-state index is 12.4. The first kappa shape index (κ1) is 22.5. The highest BCUT2D eigenvalue weighted by atomic mass is 32.1. The Kier molecular flexibility index (Phi) is 7.77. The number of rotatable bonds is 10. The van der Waals surface area contributed by atoms with Crippen LogP contribution in [0.5, 0.6) is 11.5 Å². The normalized spacial score (nSPS) is 10.8. The third kappa shape index (κ3) is 6.39. The van der Waals surface area contributed by atoms with Gasteiger partial charge in [-0.05, 0) is 49.9 Å². The van der Waals surface area contributed by atoms with Crippen molar-refractivity contribution in [2.45, 2.75) is 39.2 Å². The second-order valence-electron chi connectivity index (χ2n) is 7.16. The van der Waals surface area contributed by atoms with Crippen LogP contribution in [0.25, 0.3) is 11.4 Å². The van der Waals surface area contributed by atoms with Crippen LogP contribution in [-0.2, 0) is 17.6 Å². The van der Waals surface area contributed by atoms with E-state index < -0.39 is 0 Å². The number of methoxy groups -OCH3 is 1. The van der Waals surface area contributed by atoms with Gasteiger partial charge in [-0.15, -0.1) is 21.5 Å². The number of nitrogens with zero attached hydrogens (tertiary/aromatic N) is 2. The molecule has 31 heavy (non-hydrogen) atoms.